The number of rotatable bonds is 9. The molecule has 0 saturated heterocycles. The number of ether oxygens (including phenoxy) is 1. The molecule has 0 fully saturated rings. The minimum Gasteiger partial charge on any atom is -0.487 e. The van der Waals surface area contributed by atoms with Crippen LogP contribution >= 0.6 is 0 Å². The van der Waals surface area contributed by atoms with Crippen LogP contribution in [0.4, 0.5) is 13.2 Å². The molecule has 0 unspecified atom stereocenters. The molecule has 1 N–H and O–H groups in total. The summed E-state index contributed by atoms with van der Waals surface area (Å²) in [6.07, 6.45) is -3.45. The van der Waals surface area contributed by atoms with Gasteiger partial charge in [-0.15, -0.1) is 0 Å². The predicted octanol–water partition coefficient (Wildman–Crippen LogP) is 6.88. The van der Waals surface area contributed by atoms with Gasteiger partial charge in [0.2, 0.25) is 0 Å². The van der Waals surface area contributed by atoms with E-state index in [9.17, 15) is 27.9 Å². The first-order chi connectivity index (χ1) is 18.3. The number of halogens is 3. The highest BCUT2D eigenvalue weighted by molar-refractivity contribution is 5.95. The van der Waals surface area contributed by atoms with Crippen LogP contribution in [-0.4, -0.2) is 34.0 Å². The van der Waals surface area contributed by atoms with E-state index in [-0.39, 0.29) is 19.5 Å². The molecule has 8 heteroatoms. The quantitative estimate of drug-likeness (QED) is 0.322. The van der Waals surface area contributed by atoms with Gasteiger partial charge < -0.3 is 14.7 Å². The molecule has 1 aliphatic rings. The minimum atomic E-state index is -4.46. The Kier molecular flexibility index (Phi) is 8.04. The average molecular weight is 540 g/mol. The highest BCUT2D eigenvalue weighted by atomic mass is 19.4. The Balaban J connectivity index is 1.50. The van der Waals surface area contributed by atoms with Gasteiger partial charge in [-0.3, -0.25) is 9.59 Å². The fraction of sp³-hybridized carbons (Fsp3) is 0.355. The normalized spacial score (nSPS) is 16.6. The first-order valence-corrected chi connectivity index (χ1v) is 12.9. The number of amides is 1. The molecule has 5 nitrogen and oxygen atoms in total. The van der Waals surface area contributed by atoms with Gasteiger partial charge in [-0.1, -0.05) is 50.2 Å². The average Bonchev–Trinajstić information content (AvgIpc) is 3.20. The lowest BCUT2D eigenvalue weighted by atomic mass is 9.90. The Labute approximate surface area is 226 Å². The van der Waals surface area contributed by atoms with Crippen LogP contribution in [0.2, 0.25) is 0 Å². The summed E-state index contributed by atoms with van der Waals surface area (Å²) in [5, 5.41) is 9.17. The second-order valence-electron chi connectivity index (χ2n) is 10.7. The van der Waals surface area contributed by atoms with Crippen molar-refractivity contribution < 1.29 is 32.6 Å². The summed E-state index contributed by atoms with van der Waals surface area (Å²) in [6, 6.07) is 18.2. The lowest BCUT2D eigenvalue weighted by Crippen LogP contribution is -2.33. The van der Waals surface area contributed by atoms with E-state index in [1.54, 1.807) is 18.2 Å². The van der Waals surface area contributed by atoms with E-state index in [4.69, 9.17) is 4.74 Å². The fourth-order valence-electron chi connectivity index (χ4n) is 4.89. The number of nitrogens with zero attached hydrogens (tertiary/aromatic N) is 1. The molecule has 1 heterocycles. The van der Waals surface area contributed by atoms with Crippen LogP contribution in [0.5, 0.6) is 5.75 Å². The summed E-state index contributed by atoms with van der Waals surface area (Å²) in [5.41, 5.74) is 2.89. The number of alkyl halides is 3. The minimum absolute atomic E-state index is 0.0120. The van der Waals surface area contributed by atoms with Gasteiger partial charge in [0.15, 0.2) is 0 Å². The second kappa shape index (κ2) is 11.1. The number of carboxylic acid groups (broad SMARTS) is 1. The number of hydrogen-bond acceptors (Lipinski definition) is 3. The van der Waals surface area contributed by atoms with E-state index < -0.39 is 29.2 Å². The smallest absolute Gasteiger partial charge is 0.416 e. The standard InChI is InChI=1S/C31H32F3NO4/c1-20(2)23-8-4-21(5-9-23)17-30(3)18-25-16-24(10-13-27(25)39-30)29(38)35(15-14-28(36)37)19-22-6-11-26(12-7-22)31(32,33)34/h4-13,16,20H,14-15,17-19H2,1-3H3,(H,36,37)/t30-/m0/s1. The SMILES string of the molecule is CC(C)c1ccc(C[C@@]2(C)Cc3cc(C(=O)N(CCC(=O)O)Cc4ccc(C(F)(F)F)cc4)ccc3O2)cc1. The molecule has 0 aromatic heterocycles. The zero-order valence-corrected chi connectivity index (χ0v) is 22.2. The molecular weight excluding hydrogens is 507 g/mol. The van der Waals surface area contributed by atoms with E-state index in [0.717, 1.165) is 23.3 Å². The van der Waals surface area contributed by atoms with E-state index >= 15 is 0 Å². The Morgan fingerprint density at radius 2 is 1.64 bits per heavy atom. The molecule has 1 amide bonds. The van der Waals surface area contributed by atoms with Gasteiger partial charge in [-0.2, -0.15) is 13.2 Å². The molecule has 206 valence electrons. The Hall–Kier alpha value is -3.81. The van der Waals surface area contributed by atoms with Gasteiger partial charge in [-0.05, 0) is 65.4 Å². The molecule has 3 aromatic carbocycles. The third-order valence-corrected chi connectivity index (χ3v) is 6.99. The summed E-state index contributed by atoms with van der Waals surface area (Å²) in [6.45, 7) is 6.25. The molecule has 0 bridgehead atoms. The second-order valence-corrected chi connectivity index (χ2v) is 10.7. The molecule has 0 saturated carbocycles. The predicted molar refractivity (Wildman–Crippen MR) is 142 cm³/mol. The van der Waals surface area contributed by atoms with E-state index in [1.165, 1.54) is 22.6 Å². The molecular formula is C31H32F3NO4. The molecule has 4 rings (SSSR count). The summed E-state index contributed by atoms with van der Waals surface area (Å²) in [4.78, 5) is 26.0. The first kappa shape index (κ1) is 28.2. The van der Waals surface area contributed by atoms with Gasteiger partial charge in [0.1, 0.15) is 11.4 Å². The number of fused-ring (bicyclic) bond motifs is 1. The van der Waals surface area contributed by atoms with Crippen LogP contribution in [0.1, 0.15) is 71.3 Å². The van der Waals surface area contributed by atoms with Gasteiger partial charge in [0, 0.05) is 31.5 Å². The maximum Gasteiger partial charge on any atom is 0.416 e. The lowest BCUT2D eigenvalue weighted by molar-refractivity contribution is -0.138. The van der Waals surface area contributed by atoms with Crippen molar-refractivity contribution in [3.63, 3.8) is 0 Å². The number of benzene rings is 3. The van der Waals surface area contributed by atoms with E-state index in [1.807, 2.05) is 6.92 Å². The molecule has 1 aliphatic heterocycles. The number of carbonyl (C=O) groups excluding carboxylic acids is 1. The zero-order valence-electron chi connectivity index (χ0n) is 22.2. The monoisotopic (exact) mass is 539 g/mol. The van der Waals surface area contributed by atoms with Crippen molar-refractivity contribution in [1.82, 2.24) is 4.90 Å². The largest absolute Gasteiger partial charge is 0.487 e. The molecule has 0 radical (unpaired) electrons. The van der Waals surface area contributed by atoms with Gasteiger partial charge in [0.05, 0.1) is 12.0 Å². The number of hydrogen-bond donors (Lipinski definition) is 1. The van der Waals surface area contributed by atoms with Crippen LogP contribution in [-0.2, 0) is 30.4 Å². The van der Waals surface area contributed by atoms with E-state index in [2.05, 4.69) is 38.1 Å². The number of carbonyl (C=O) groups is 2. The third kappa shape index (κ3) is 6.99. The fourth-order valence-corrected chi connectivity index (χ4v) is 4.89. The van der Waals surface area contributed by atoms with Gasteiger partial charge >= 0.3 is 12.1 Å². The lowest BCUT2D eigenvalue weighted by Gasteiger charge is -2.24. The number of aliphatic carboxylic acids is 1. The highest BCUT2D eigenvalue weighted by Gasteiger charge is 2.36. The van der Waals surface area contributed by atoms with Crippen LogP contribution in [0.15, 0.2) is 66.7 Å². The van der Waals surface area contributed by atoms with Crippen molar-refractivity contribution in [1.29, 1.82) is 0 Å². The van der Waals surface area contributed by atoms with Gasteiger partial charge in [0.25, 0.3) is 5.91 Å². The third-order valence-electron chi connectivity index (χ3n) is 6.99. The van der Waals surface area contributed by atoms with E-state index in [0.29, 0.717) is 35.6 Å². The molecule has 0 spiro atoms. The van der Waals surface area contributed by atoms with Crippen LogP contribution < -0.4 is 4.74 Å². The molecule has 3 aromatic rings. The topological polar surface area (TPSA) is 66.8 Å². The van der Waals surface area contributed by atoms with Crippen molar-refractivity contribution in [3.8, 4) is 5.75 Å². The van der Waals surface area contributed by atoms with Crippen LogP contribution in [0, 0.1) is 0 Å². The Bertz CT molecular complexity index is 1330. The molecule has 0 aliphatic carbocycles. The zero-order chi connectivity index (χ0) is 28.4. The summed E-state index contributed by atoms with van der Waals surface area (Å²) >= 11 is 0. The summed E-state index contributed by atoms with van der Waals surface area (Å²) in [5.74, 6) is -0.309. The van der Waals surface area contributed by atoms with Crippen LogP contribution in [0.3, 0.4) is 0 Å². The molecule has 39 heavy (non-hydrogen) atoms. The Morgan fingerprint density at radius 1 is 1.00 bits per heavy atom. The van der Waals surface area contributed by atoms with Crippen LogP contribution in [0.25, 0.3) is 0 Å². The van der Waals surface area contributed by atoms with Crippen molar-refractivity contribution >= 4 is 11.9 Å². The van der Waals surface area contributed by atoms with Crippen molar-refractivity contribution in [3.05, 3.63) is 100 Å². The molecule has 1 atom stereocenters. The summed E-state index contributed by atoms with van der Waals surface area (Å²) < 4.78 is 45.1. The van der Waals surface area contributed by atoms with Crippen molar-refractivity contribution in [2.24, 2.45) is 0 Å². The van der Waals surface area contributed by atoms with Crippen molar-refractivity contribution in [2.75, 3.05) is 6.54 Å². The Morgan fingerprint density at radius 3 is 2.23 bits per heavy atom. The van der Waals surface area contributed by atoms with Crippen molar-refractivity contribution in [2.45, 2.75) is 64.3 Å². The highest BCUT2D eigenvalue weighted by Crippen LogP contribution is 2.38. The summed E-state index contributed by atoms with van der Waals surface area (Å²) in [7, 11) is 0. The maximum absolute atomic E-state index is 13.4. The van der Waals surface area contributed by atoms with Gasteiger partial charge in [-0.25, -0.2) is 0 Å². The first-order valence-electron chi connectivity index (χ1n) is 12.9. The maximum atomic E-state index is 13.4. The number of carboxylic acids is 1.